The summed E-state index contributed by atoms with van der Waals surface area (Å²) in [6.45, 7) is 7.80. The highest BCUT2D eigenvalue weighted by Gasteiger charge is 2.33. The monoisotopic (exact) mass is 505 g/mol. The number of ether oxygens (including phenoxy) is 1. The highest BCUT2D eigenvalue weighted by Crippen LogP contribution is 2.34. The van der Waals surface area contributed by atoms with Gasteiger partial charge >= 0.3 is 6.03 Å². The molecule has 1 aliphatic heterocycles. The van der Waals surface area contributed by atoms with Crippen molar-refractivity contribution in [2.24, 2.45) is 5.92 Å². The summed E-state index contributed by atoms with van der Waals surface area (Å²) in [5.41, 5.74) is 3.00. The van der Waals surface area contributed by atoms with Crippen molar-refractivity contribution in [3.8, 4) is 5.75 Å². The summed E-state index contributed by atoms with van der Waals surface area (Å²) >= 11 is 1.73. The first-order valence-electron chi connectivity index (χ1n) is 12.6. The number of rotatable bonds is 9. The number of fused-ring (bicyclic) bond motifs is 1. The van der Waals surface area contributed by atoms with E-state index >= 15 is 0 Å². The number of carbonyl (C=O) groups excluding carboxylic acids is 2. The largest absolute Gasteiger partial charge is 0.491 e. The molecule has 2 aromatic carbocycles. The molecule has 1 unspecified atom stereocenters. The summed E-state index contributed by atoms with van der Waals surface area (Å²) in [7, 11) is 0. The Hall–Kier alpha value is -3.32. The number of aryl methyl sites for hydroxylation is 1. The Morgan fingerprint density at radius 2 is 1.86 bits per heavy atom. The predicted molar refractivity (Wildman–Crippen MR) is 146 cm³/mol. The summed E-state index contributed by atoms with van der Waals surface area (Å²) in [4.78, 5) is 31.7. The van der Waals surface area contributed by atoms with Crippen LogP contribution in [0.3, 0.4) is 0 Å². The van der Waals surface area contributed by atoms with Crippen LogP contribution in [0, 0.1) is 12.8 Å². The van der Waals surface area contributed by atoms with Crippen LogP contribution in [0.25, 0.3) is 0 Å². The Labute approximate surface area is 217 Å². The fraction of sp³-hybridized carbons (Fsp3) is 0.379. The average Bonchev–Trinajstić information content (AvgIpc) is 3.36. The Bertz CT molecular complexity index is 1140. The Morgan fingerprint density at radius 1 is 1.11 bits per heavy atom. The molecule has 1 atom stereocenters. The molecular formula is C29H35N3O3S. The molecule has 0 radical (unpaired) electrons. The van der Waals surface area contributed by atoms with E-state index in [2.05, 4.69) is 30.6 Å². The van der Waals surface area contributed by atoms with Crippen molar-refractivity contribution in [2.45, 2.75) is 39.7 Å². The van der Waals surface area contributed by atoms with E-state index in [9.17, 15) is 9.59 Å². The molecule has 0 fully saturated rings. The molecule has 0 saturated carbocycles. The molecule has 2 heterocycles. The first-order chi connectivity index (χ1) is 17.4. The molecule has 6 nitrogen and oxygen atoms in total. The number of para-hydroxylation sites is 1. The van der Waals surface area contributed by atoms with Gasteiger partial charge in [-0.3, -0.25) is 4.79 Å². The quantitative estimate of drug-likeness (QED) is 0.380. The first-order valence-corrected chi connectivity index (χ1v) is 13.4. The number of carbonyl (C=O) groups is 2. The number of nitrogens with one attached hydrogen (secondary N) is 1. The van der Waals surface area contributed by atoms with Gasteiger partial charge in [-0.05, 0) is 67.0 Å². The van der Waals surface area contributed by atoms with Crippen LogP contribution >= 0.6 is 11.3 Å². The second-order valence-electron chi connectivity index (χ2n) is 9.68. The number of amides is 3. The van der Waals surface area contributed by atoms with Crippen molar-refractivity contribution >= 4 is 29.0 Å². The zero-order valence-corrected chi connectivity index (χ0v) is 22.1. The van der Waals surface area contributed by atoms with Crippen LogP contribution < -0.4 is 10.1 Å². The van der Waals surface area contributed by atoms with E-state index in [-0.39, 0.29) is 24.5 Å². The van der Waals surface area contributed by atoms with Crippen molar-refractivity contribution in [2.75, 3.05) is 31.6 Å². The number of hydrogen-bond donors (Lipinski definition) is 1. The highest BCUT2D eigenvalue weighted by molar-refractivity contribution is 7.10. The van der Waals surface area contributed by atoms with Crippen molar-refractivity contribution in [3.05, 3.63) is 82.0 Å². The number of nitrogens with zero attached hydrogens (tertiary/aromatic N) is 2. The molecule has 1 aromatic heterocycles. The lowest BCUT2D eigenvalue weighted by Gasteiger charge is -2.37. The van der Waals surface area contributed by atoms with Crippen LogP contribution in [0.5, 0.6) is 5.75 Å². The number of benzene rings is 2. The highest BCUT2D eigenvalue weighted by atomic mass is 32.1. The van der Waals surface area contributed by atoms with E-state index in [0.717, 1.165) is 35.4 Å². The molecule has 4 rings (SSSR count). The predicted octanol–water partition coefficient (Wildman–Crippen LogP) is 6.14. The minimum Gasteiger partial charge on any atom is -0.491 e. The summed E-state index contributed by atoms with van der Waals surface area (Å²) in [6.07, 6.45) is 1.64. The minimum absolute atomic E-state index is 0.0335. The average molecular weight is 506 g/mol. The molecule has 0 spiro atoms. The second-order valence-corrected chi connectivity index (χ2v) is 10.7. The van der Waals surface area contributed by atoms with Gasteiger partial charge in [-0.25, -0.2) is 4.79 Å². The van der Waals surface area contributed by atoms with Gasteiger partial charge in [-0.15, -0.1) is 11.3 Å². The van der Waals surface area contributed by atoms with Crippen LogP contribution in [-0.2, 0) is 11.2 Å². The van der Waals surface area contributed by atoms with Crippen LogP contribution in [0.4, 0.5) is 10.5 Å². The zero-order chi connectivity index (χ0) is 25.5. The maximum Gasteiger partial charge on any atom is 0.322 e. The van der Waals surface area contributed by atoms with Crippen LogP contribution in [0.2, 0.25) is 0 Å². The summed E-state index contributed by atoms with van der Waals surface area (Å²) in [6, 6.07) is 19.0. The van der Waals surface area contributed by atoms with Crippen molar-refractivity contribution in [1.29, 1.82) is 0 Å². The van der Waals surface area contributed by atoms with Crippen molar-refractivity contribution in [3.63, 3.8) is 0 Å². The van der Waals surface area contributed by atoms with Gasteiger partial charge in [-0.2, -0.15) is 0 Å². The zero-order valence-electron chi connectivity index (χ0n) is 21.3. The lowest BCUT2D eigenvalue weighted by atomic mass is 10.0. The van der Waals surface area contributed by atoms with E-state index in [0.29, 0.717) is 25.6 Å². The normalized spacial score (nSPS) is 14.9. The Morgan fingerprint density at radius 3 is 2.58 bits per heavy atom. The Kier molecular flexibility index (Phi) is 8.65. The molecule has 1 aliphatic rings. The molecular weight excluding hydrogens is 470 g/mol. The van der Waals surface area contributed by atoms with E-state index in [4.69, 9.17) is 4.74 Å². The minimum atomic E-state index is -0.252. The third-order valence-electron chi connectivity index (χ3n) is 6.46. The lowest BCUT2D eigenvalue weighted by molar-refractivity contribution is -0.135. The van der Waals surface area contributed by atoms with Gasteiger partial charge in [0.25, 0.3) is 0 Å². The van der Waals surface area contributed by atoms with Crippen LogP contribution in [-0.4, -0.2) is 48.0 Å². The second kappa shape index (κ2) is 12.1. The van der Waals surface area contributed by atoms with Crippen LogP contribution in [0.15, 0.2) is 66.0 Å². The molecule has 36 heavy (non-hydrogen) atoms. The first kappa shape index (κ1) is 25.8. The van der Waals surface area contributed by atoms with Gasteiger partial charge < -0.3 is 19.9 Å². The van der Waals surface area contributed by atoms with Gasteiger partial charge in [0.2, 0.25) is 5.91 Å². The maximum absolute atomic E-state index is 13.7. The SMILES string of the molecule is Cc1ccc(NC(=O)N(CCC(C)C)CC(=O)N2CCc3sccc3C2COc2ccccc2)cc1. The summed E-state index contributed by atoms with van der Waals surface area (Å²) < 4.78 is 6.09. The summed E-state index contributed by atoms with van der Waals surface area (Å²) in [5, 5.41) is 5.05. The number of urea groups is 1. The fourth-order valence-electron chi connectivity index (χ4n) is 4.33. The molecule has 190 valence electrons. The number of hydrogen-bond acceptors (Lipinski definition) is 4. The van der Waals surface area contributed by atoms with Crippen LogP contribution in [0.1, 0.15) is 42.3 Å². The molecule has 3 amide bonds. The standard InChI is InChI=1S/C29H35N3O3S/c1-21(2)13-16-31(29(34)30-23-11-9-22(3)10-12-23)19-28(33)32-17-14-27-25(15-18-36-27)26(32)20-35-24-7-5-4-6-8-24/h4-12,15,18,21,26H,13-14,16-17,19-20H2,1-3H3,(H,30,34). The third kappa shape index (κ3) is 6.66. The molecule has 0 aliphatic carbocycles. The molecule has 1 N–H and O–H groups in total. The lowest BCUT2D eigenvalue weighted by Crippen LogP contribution is -2.49. The summed E-state index contributed by atoms with van der Waals surface area (Å²) in [5.74, 6) is 1.14. The smallest absolute Gasteiger partial charge is 0.322 e. The van der Waals surface area contributed by atoms with E-state index in [1.165, 1.54) is 4.88 Å². The van der Waals surface area contributed by atoms with E-state index in [1.807, 2.05) is 66.4 Å². The van der Waals surface area contributed by atoms with E-state index in [1.54, 1.807) is 16.2 Å². The van der Waals surface area contributed by atoms with Crippen molar-refractivity contribution in [1.82, 2.24) is 9.80 Å². The van der Waals surface area contributed by atoms with Gasteiger partial charge in [-0.1, -0.05) is 49.7 Å². The van der Waals surface area contributed by atoms with Gasteiger partial charge in [0.1, 0.15) is 18.9 Å². The van der Waals surface area contributed by atoms with Gasteiger partial charge in [0.15, 0.2) is 0 Å². The maximum atomic E-state index is 13.7. The topological polar surface area (TPSA) is 61.9 Å². The fourth-order valence-corrected chi connectivity index (χ4v) is 5.25. The van der Waals surface area contributed by atoms with Gasteiger partial charge in [0, 0.05) is 23.7 Å². The van der Waals surface area contributed by atoms with Crippen molar-refractivity contribution < 1.29 is 14.3 Å². The molecule has 7 heteroatoms. The number of anilines is 1. The third-order valence-corrected chi connectivity index (χ3v) is 7.46. The molecule has 0 bridgehead atoms. The number of thiophene rings is 1. The Balaban J connectivity index is 1.48. The van der Waals surface area contributed by atoms with E-state index < -0.39 is 0 Å². The molecule has 0 saturated heterocycles. The molecule has 3 aromatic rings. The van der Waals surface area contributed by atoms with Gasteiger partial charge in [0.05, 0.1) is 6.04 Å².